The fourth-order valence-electron chi connectivity index (χ4n) is 2.72. The SMILES string of the molecule is CN(C)c1ccc(/C=C(\CC(=O)O)c2nc3ccccc3s2)cc1[N+](=O)[O-]. The molecule has 0 amide bonds. The van der Waals surface area contributed by atoms with Gasteiger partial charge in [-0.05, 0) is 35.4 Å². The number of aromatic nitrogens is 1. The molecule has 0 saturated heterocycles. The van der Waals surface area contributed by atoms with Crippen LogP contribution in [0.5, 0.6) is 0 Å². The molecule has 1 aromatic heterocycles. The number of carboxylic acid groups (broad SMARTS) is 1. The number of hydrogen-bond acceptors (Lipinski definition) is 6. The average Bonchev–Trinajstić information content (AvgIpc) is 3.04. The lowest BCUT2D eigenvalue weighted by molar-refractivity contribution is -0.384. The van der Waals surface area contributed by atoms with Gasteiger partial charge in [-0.1, -0.05) is 18.2 Å². The highest BCUT2D eigenvalue weighted by atomic mass is 32.1. The summed E-state index contributed by atoms with van der Waals surface area (Å²) in [6, 6.07) is 12.4. The Balaban J connectivity index is 2.09. The van der Waals surface area contributed by atoms with Gasteiger partial charge < -0.3 is 10.0 Å². The van der Waals surface area contributed by atoms with Crippen molar-refractivity contribution < 1.29 is 14.8 Å². The summed E-state index contributed by atoms with van der Waals surface area (Å²) in [5.74, 6) is -0.986. The minimum Gasteiger partial charge on any atom is -0.481 e. The molecule has 0 bridgehead atoms. The summed E-state index contributed by atoms with van der Waals surface area (Å²) in [7, 11) is 3.46. The van der Waals surface area contributed by atoms with E-state index in [-0.39, 0.29) is 12.1 Å². The van der Waals surface area contributed by atoms with Crippen molar-refractivity contribution in [3.05, 3.63) is 63.1 Å². The van der Waals surface area contributed by atoms with E-state index in [1.807, 2.05) is 24.3 Å². The number of carboxylic acids is 1. The lowest BCUT2D eigenvalue weighted by atomic mass is 10.1. The Morgan fingerprint density at radius 2 is 2.04 bits per heavy atom. The number of aliphatic carboxylic acids is 1. The van der Waals surface area contributed by atoms with Crippen LogP contribution in [-0.4, -0.2) is 35.1 Å². The quantitative estimate of drug-likeness (QED) is 0.504. The van der Waals surface area contributed by atoms with E-state index in [4.69, 9.17) is 0 Å². The number of nitrogens with zero attached hydrogens (tertiary/aromatic N) is 3. The molecule has 0 saturated carbocycles. The zero-order chi connectivity index (χ0) is 19.6. The molecule has 0 fully saturated rings. The summed E-state index contributed by atoms with van der Waals surface area (Å²) in [5.41, 5.74) is 2.31. The number of benzene rings is 2. The molecule has 27 heavy (non-hydrogen) atoms. The van der Waals surface area contributed by atoms with Crippen LogP contribution in [0.25, 0.3) is 21.9 Å². The van der Waals surface area contributed by atoms with E-state index >= 15 is 0 Å². The molecule has 138 valence electrons. The second kappa shape index (κ2) is 7.55. The highest BCUT2D eigenvalue weighted by Crippen LogP contribution is 2.33. The lowest BCUT2D eigenvalue weighted by Gasteiger charge is -2.13. The molecule has 0 aliphatic heterocycles. The largest absolute Gasteiger partial charge is 0.481 e. The van der Waals surface area contributed by atoms with Crippen molar-refractivity contribution in [2.75, 3.05) is 19.0 Å². The molecule has 0 unspecified atom stereocenters. The van der Waals surface area contributed by atoms with Crippen LogP contribution in [0.15, 0.2) is 42.5 Å². The van der Waals surface area contributed by atoms with Gasteiger partial charge in [-0.15, -0.1) is 11.3 Å². The summed E-state index contributed by atoms with van der Waals surface area (Å²) in [6.45, 7) is 0. The molecule has 0 atom stereocenters. The van der Waals surface area contributed by atoms with Crippen LogP contribution >= 0.6 is 11.3 Å². The minimum atomic E-state index is -0.986. The molecule has 3 rings (SSSR count). The number of hydrogen-bond donors (Lipinski definition) is 1. The first-order chi connectivity index (χ1) is 12.8. The molecule has 3 aromatic rings. The summed E-state index contributed by atoms with van der Waals surface area (Å²) in [4.78, 5) is 28.4. The molecular formula is C19H17N3O4S. The van der Waals surface area contributed by atoms with Gasteiger partial charge in [0.1, 0.15) is 10.7 Å². The Hall–Kier alpha value is -3.26. The fourth-order valence-corrected chi connectivity index (χ4v) is 3.70. The monoisotopic (exact) mass is 383 g/mol. The maximum Gasteiger partial charge on any atom is 0.307 e. The molecule has 7 nitrogen and oxygen atoms in total. The van der Waals surface area contributed by atoms with Gasteiger partial charge in [0.2, 0.25) is 0 Å². The van der Waals surface area contributed by atoms with Crippen LogP contribution in [0.3, 0.4) is 0 Å². The third-order valence-electron chi connectivity index (χ3n) is 3.93. The van der Waals surface area contributed by atoms with Crippen molar-refractivity contribution >= 4 is 50.5 Å². The van der Waals surface area contributed by atoms with Gasteiger partial charge in [-0.2, -0.15) is 0 Å². The highest BCUT2D eigenvalue weighted by molar-refractivity contribution is 7.19. The normalized spacial score (nSPS) is 11.6. The molecule has 0 spiro atoms. The molecule has 1 N–H and O–H groups in total. The van der Waals surface area contributed by atoms with Gasteiger partial charge in [0.15, 0.2) is 0 Å². The van der Waals surface area contributed by atoms with Gasteiger partial charge in [0, 0.05) is 20.2 Å². The fraction of sp³-hybridized carbons (Fsp3) is 0.158. The van der Waals surface area contributed by atoms with Gasteiger partial charge in [-0.3, -0.25) is 14.9 Å². The smallest absolute Gasteiger partial charge is 0.307 e. The Morgan fingerprint density at radius 1 is 1.30 bits per heavy atom. The second-order valence-corrected chi connectivity index (χ2v) is 7.16. The lowest BCUT2D eigenvalue weighted by Crippen LogP contribution is -2.11. The number of nitro groups is 1. The summed E-state index contributed by atoms with van der Waals surface area (Å²) < 4.78 is 0.956. The Bertz CT molecular complexity index is 1020. The maximum atomic E-state index is 11.4. The number of para-hydroxylation sites is 1. The molecule has 0 radical (unpaired) electrons. The Morgan fingerprint density at radius 3 is 2.67 bits per heavy atom. The van der Waals surface area contributed by atoms with Crippen LogP contribution in [-0.2, 0) is 4.79 Å². The van der Waals surface area contributed by atoms with Gasteiger partial charge in [-0.25, -0.2) is 4.98 Å². The predicted molar refractivity (Wildman–Crippen MR) is 107 cm³/mol. The molecular weight excluding hydrogens is 366 g/mol. The number of nitro benzene ring substituents is 1. The topological polar surface area (TPSA) is 96.6 Å². The summed E-state index contributed by atoms with van der Waals surface area (Å²) in [5, 5.41) is 21.3. The van der Waals surface area contributed by atoms with E-state index in [1.54, 1.807) is 37.2 Å². The van der Waals surface area contributed by atoms with Crippen molar-refractivity contribution in [2.24, 2.45) is 0 Å². The van der Waals surface area contributed by atoms with Crippen LogP contribution in [0, 0.1) is 10.1 Å². The third kappa shape index (κ3) is 4.12. The molecule has 1 heterocycles. The second-order valence-electron chi connectivity index (χ2n) is 6.13. The number of fused-ring (bicyclic) bond motifs is 1. The van der Waals surface area contributed by atoms with Crippen molar-refractivity contribution in [2.45, 2.75) is 6.42 Å². The van der Waals surface area contributed by atoms with Crippen molar-refractivity contribution in [3.8, 4) is 0 Å². The number of carbonyl (C=O) groups is 1. The first-order valence-electron chi connectivity index (χ1n) is 8.09. The standard InChI is InChI=1S/C19H17N3O4S/c1-21(2)15-8-7-12(10-16(15)22(25)26)9-13(11-18(23)24)19-20-14-5-3-4-6-17(14)27-19/h3-10H,11H2,1-2H3,(H,23,24)/b13-9+. The first kappa shape index (κ1) is 18.5. The van der Waals surface area contributed by atoms with E-state index in [1.165, 1.54) is 17.4 Å². The summed E-state index contributed by atoms with van der Waals surface area (Å²) >= 11 is 1.40. The van der Waals surface area contributed by atoms with Crippen molar-refractivity contribution in [3.63, 3.8) is 0 Å². The molecule has 2 aromatic carbocycles. The molecule has 8 heteroatoms. The van der Waals surface area contributed by atoms with E-state index in [9.17, 15) is 20.0 Å². The highest BCUT2D eigenvalue weighted by Gasteiger charge is 2.17. The van der Waals surface area contributed by atoms with Gasteiger partial charge in [0.05, 0.1) is 21.6 Å². The zero-order valence-corrected chi connectivity index (χ0v) is 15.6. The number of rotatable bonds is 6. The van der Waals surface area contributed by atoms with E-state index in [0.717, 1.165) is 10.2 Å². The Labute approximate surface area is 159 Å². The first-order valence-corrected chi connectivity index (χ1v) is 8.91. The van der Waals surface area contributed by atoms with Gasteiger partial charge >= 0.3 is 5.97 Å². The van der Waals surface area contributed by atoms with Crippen LogP contribution in [0.1, 0.15) is 17.0 Å². The van der Waals surface area contributed by atoms with Crippen LogP contribution in [0.2, 0.25) is 0 Å². The maximum absolute atomic E-state index is 11.4. The van der Waals surface area contributed by atoms with E-state index < -0.39 is 10.9 Å². The van der Waals surface area contributed by atoms with Crippen molar-refractivity contribution in [1.29, 1.82) is 0 Å². The molecule has 0 aliphatic rings. The third-order valence-corrected chi connectivity index (χ3v) is 5.04. The van der Waals surface area contributed by atoms with Crippen LogP contribution in [0.4, 0.5) is 11.4 Å². The predicted octanol–water partition coefficient (Wildman–Crippen LogP) is 4.29. The Kier molecular flexibility index (Phi) is 5.18. The minimum absolute atomic E-state index is 0.0345. The van der Waals surface area contributed by atoms with Crippen LogP contribution < -0.4 is 4.90 Å². The van der Waals surface area contributed by atoms with Crippen molar-refractivity contribution in [1.82, 2.24) is 4.98 Å². The average molecular weight is 383 g/mol. The van der Waals surface area contributed by atoms with E-state index in [0.29, 0.717) is 21.8 Å². The number of anilines is 1. The number of thiazole rings is 1. The van der Waals surface area contributed by atoms with E-state index in [2.05, 4.69) is 4.98 Å². The molecule has 0 aliphatic carbocycles. The summed E-state index contributed by atoms with van der Waals surface area (Å²) in [6.07, 6.45) is 1.43. The zero-order valence-electron chi connectivity index (χ0n) is 14.7. The van der Waals surface area contributed by atoms with Gasteiger partial charge in [0.25, 0.3) is 5.69 Å².